The lowest BCUT2D eigenvalue weighted by Gasteiger charge is -2.32. The standard InChI is InChI=1S/C20H23N5O2/c26-19(15-12-21-18(22-13-15)14-6-7-14)23-17-8-10-25(11-9-17)20(27)24-16-4-2-1-3-5-16/h1-5,12-14,17H,6-11H2,(H,23,26)(H,24,27). The summed E-state index contributed by atoms with van der Waals surface area (Å²) >= 11 is 0. The average molecular weight is 365 g/mol. The van der Waals surface area contributed by atoms with E-state index in [0.717, 1.165) is 37.2 Å². The molecule has 0 unspecified atom stereocenters. The molecule has 7 heteroatoms. The lowest BCUT2D eigenvalue weighted by molar-refractivity contribution is 0.0918. The third-order valence-electron chi connectivity index (χ3n) is 5.02. The fraction of sp³-hybridized carbons (Fsp3) is 0.400. The fourth-order valence-corrected chi connectivity index (χ4v) is 3.23. The van der Waals surface area contributed by atoms with Gasteiger partial charge in [0.05, 0.1) is 5.56 Å². The molecule has 140 valence electrons. The van der Waals surface area contributed by atoms with Crippen LogP contribution in [-0.4, -0.2) is 45.9 Å². The Morgan fingerprint density at radius 1 is 0.963 bits per heavy atom. The normalized spacial score (nSPS) is 17.4. The molecule has 0 spiro atoms. The third-order valence-corrected chi connectivity index (χ3v) is 5.02. The predicted octanol–water partition coefficient (Wildman–Crippen LogP) is 2.78. The number of hydrogen-bond acceptors (Lipinski definition) is 4. The van der Waals surface area contributed by atoms with Crippen molar-refractivity contribution in [3.63, 3.8) is 0 Å². The van der Waals surface area contributed by atoms with Crippen LogP contribution >= 0.6 is 0 Å². The predicted molar refractivity (Wildman–Crippen MR) is 102 cm³/mol. The maximum atomic E-state index is 12.4. The van der Waals surface area contributed by atoms with Crippen LogP contribution in [0.2, 0.25) is 0 Å². The van der Waals surface area contributed by atoms with Crippen LogP contribution in [0.5, 0.6) is 0 Å². The van der Waals surface area contributed by atoms with Gasteiger partial charge in [0.15, 0.2) is 0 Å². The highest BCUT2D eigenvalue weighted by atomic mass is 16.2. The Kier molecular flexibility index (Phi) is 5.00. The number of likely N-dealkylation sites (tertiary alicyclic amines) is 1. The van der Waals surface area contributed by atoms with Gasteiger partial charge in [0.2, 0.25) is 0 Å². The smallest absolute Gasteiger partial charge is 0.321 e. The summed E-state index contributed by atoms with van der Waals surface area (Å²) in [6.45, 7) is 1.22. The highest BCUT2D eigenvalue weighted by molar-refractivity contribution is 5.93. The summed E-state index contributed by atoms with van der Waals surface area (Å²) in [5.41, 5.74) is 1.27. The molecule has 27 heavy (non-hydrogen) atoms. The zero-order valence-corrected chi connectivity index (χ0v) is 15.1. The van der Waals surface area contributed by atoms with Crippen LogP contribution in [0, 0.1) is 0 Å². The first-order chi connectivity index (χ1) is 13.2. The summed E-state index contributed by atoms with van der Waals surface area (Å²) in [5, 5.41) is 5.93. The van der Waals surface area contributed by atoms with E-state index in [4.69, 9.17) is 0 Å². The first-order valence-corrected chi connectivity index (χ1v) is 9.43. The number of para-hydroxylation sites is 1. The van der Waals surface area contributed by atoms with Crippen molar-refractivity contribution in [2.75, 3.05) is 18.4 Å². The zero-order valence-electron chi connectivity index (χ0n) is 15.1. The second-order valence-electron chi connectivity index (χ2n) is 7.14. The van der Waals surface area contributed by atoms with E-state index in [-0.39, 0.29) is 18.0 Å². The zero-order chi connectivity index (χ0) is 18.6. The molecule has 1 aromatic carbocycles. The molecular weight excluding hydrogens is 342 g/mol. The van der Waals surface area contributed by atoms with Crippen LogP contribution in [-0.2, 0) is 0 Å². The van der Waals surface area contributed by atoms with Gasteiger partial charge in [0.25, 0.3) is 5.91 Å². The van der Waals surface area contributed by atoms with E-state index in [9.17, 15) is 9.59 Å². The summed E-state index contributed by atoms with van der Waals surface area (Å²) in [6.07, 6.45) is 6.96. The third kappa shape index (κ3) is 4.42. The molecule has 0 radical (unpaired) electrons. The molecule has 3 amide bonds. The molecule has 7 nitrogen and oxygen atoms in total. The number of hydrogen-bond donors (Lipinski definition) is 2. The minimum Gasteiger partial charge on any atom is -0.349 e. The van der Waals surface area contributed by atoms with Gasteiger partial charge in [-0.1, -0.05) is 18.2 Å². The number of benzene rings is 1. The van der Waals surface area contributed by atoms with E-state index in [1.807, 2.05) is 30.3 Å². The van der Waals surface area contributed by atoms with Gasteiger partial charge < -0.3 is 15.5 Å². The van der Waals surface area contributed by atoms with Crippen molar-refractivity contribution in [1.82, 2.24) is 20.2 Å². The van der Waals surface area contributed by atoms with Gasteiger partial charge >= 0.3 is 6.03 Å². The molecule has 2 aromatic rings. The fourth-order valence-electron chi connectivity index (χ4n) is 3.23. The Hall–Kier alpha value is -2.96. The number of anilines is 1. The SMILES string of the molecule is O=C(NC1CCN(C(=O)Nc2ccccc2)CC1)c1cnc(C2CC2)nc1. The summed E-state index contributed by atoms with van der Waals surface area (Å²) in [5.74, 6) is 1.17. The Bertz CT molecular complexity index is 797. The molecule has 1 aromatic heterocycles. The Balaban J connectivity index is 1.25. The molecule has 2 aliphatic rings. The maximum absolute atomic E-state index is 12.4. The molecule has 2 heterocycles. The number of urea groups is 1. The van der Waals surface area contributed by atoms with Gasteiger partial charge in [-0.05, 0) is 37.8 Å². The van der Waals surface area contributed by atoms with E-state index >= 15 is 0 Å². The second kappa shape index (κ2) is 7.73. The number of nitrogens with one attached hydrogen (secondary N) is 2. The van der Waals surface area contributed by atoms with Gasteiger partial charge in [-0.15, -0.1) is 0 Å². The number of piperidine rings is 1. The van der Waals surface area contributed by atoms with Gasteiger partial charge in [-0.25, -0.2) is 14.8 Å². The number of aromatic nitrogens is 2. The van der Waals surface area contributed by atoms with Gasteiger partial charge in [-0.3, -0.25) is 4.79 Å². The average Bonchev–Trinajstić information content (AvgIpc) is 3.55. The van der Waals surface area contributed by atoms with Crippen molar-refractivity contribution in [1.29, 1.82) is 0 Å². The van der Waals surface area contributed by atoms with Crippen molar-refractivity contribution in [2.45, 2.75) is 37.6 Å². The Morgan fingerprint density at radius 3 is 2.26 bits per heavy atom. The van der Waals surface area contributed by atoms with Crippen molar-refractivity contribution in [3.05, 3.63) is 54.1 Å². The summed E-state index contributed by atoms with van der Waals surface area (Å²) < 4.78 is 0. The van der Waals surface area contributed by atoms with Gasteiger partial charge in [0, 0.05) is 43.1 Å². The van der Waals surface area contributed by atoms with E-state index in [1.165, 1.54) is 0 Å². The lowest BCUT2D eigenvalue weighted by Crippen LogP contribution is -2.47. The van der Waals surface area contributed by atoms with Crippen molar-refractivity contribution in [3.8, 4) is 0 Å². The number of carbonyl (C=O) groups excluding carboxylic acids is 2. The number of carbonyl (C=O) groups is 2. The van der Waals surface area contributed by atoms with Crippen LogP contribution in [0.3, 0.4) is 0 Å². The molecule has 0 atom stereocenters. The Morgan fingerprint density at radius 2 is 1.63 bits per heavy atom. The molecule has 1 aliphatic carbocycles. The molecule has 4 rings (SSSR count). The van der Waals surface area contributed by atoms with Crippen LogP contribution in [0.25, 0.3) is 0 Å². The lowest BCUT2D eigenvalue weighted by atomic mass is 10.0. The molecule has 1 saturated heterocycles. The van der Waals surface area contributed by atoms with Crippen molar-refractivity contribution in [2.24, 2.45) is 0 Å². The quantitative estimate of drug-likeness (QED) is 0.872. The molecule has 1 saturated carbocycles. The summed E-state index contributed by atoms with van der Waals surface area (Å²) in [6, 6.07) is 9.37. The van der Waals surface area contributed by atoms with E-state index in [1.54, 1.807) is 17.3 Å². The van der Waals surface area contributed by atoms with E-state index in [0.29, 0.717) is 24.6 Å². The first kappa shape index (κ1) is 17.5. The molecular formula is C20H23N5O2. The highest BCUT2D eigenvalue weighted by Crippen LogP contribution is 2.37. The summed E-state index contributed by atoms with van der Waals surface area (Å²) in [4.78, 5) is 35.1. The number of nitrogens with zero attached hydrogens (tertiary/aromatic N) is 3. The van der Waals surface area contributed by atoms with Gasteiger partial charge in [-0.2, -0.15) is 0 Å². The summed E-state index contributed by atoms with van der Waals surface area (Å²) in [7, 11) is 0. The maximum Gasteiger partial charge on any atom is 0.321 e. The van der Waals surface area contributed by atoms with Crippen LogP contribution in [0.4, 0.5) is 10.5 Å². The van der Waals surface area contributed by atoms with Crippen LogP contribution in [0.15, 0.2) is 42.7 Å². The molecule has 0 bridgehead atoms. The largest absolute Gasteiger partial charge is 0.349 e. The van der Waals surface area contributed by atoms with Crippen molar-refractivity contribution < 1.29 is 9.59 Å². The van der Waals surface area contributed by atoms with E-state index in [2.05, 4.69) is 20.6 Å². The monoisotopic (exact) mass is 365 g/mol. The number of rotatable bonds is 4. The molecule has 1 aliphatic heterocycles. The van der Waals surface area contributed by atoms with Crippen LogP contribution in [0.1, 0.15) is 47.8 Å². The highest BCUT2D eigenvalue weighted by Gasteiger charge is 2.27. The topological polar surface area (TPSA) is 87.2 Å². The number of amides is 3. The van der Waals surface area contributed by atoms with Crippen LogP contribution < -0.4 is 10.6 Å². The minimum atomic E-state index is -0.149. The Labute approximate surface area is 158 Å². The second-order valence-corrected chi connectivity index (χ2v) is 7.14. The molecule has 2 N–H and O–H groups in total. The first-order valence-electron chi connectivity index (χ1n) is 9.43. The van der Waals surface area contributed by atoms with Crippen molar-refractivity contribution >= 4 is 17.6 Å². The van der Waals surface area contributed by atoms with E-state index < -0.39 is 0 Å². The molecule has 2 fully saturated rings. The van der Waals surface area contributed by atoms with Gasteiger partial charge in [0.1, 0.15) is 5.82 Å². The minimum absolute atomic E-state index is 0.0568.